The largest absolute Gasteiger partial charge is 0.361 e. The molecule has 0 radical (unpaired) electrons. The van der Waals surface area contributed by atoms with Crippen LogP contribution in [0.4, 0.5) is 0 Å². The van der Waals surface area contributed by atoms with Gasteiger partial charge in [-0.1, -0.05) is 31.2 Å². The molecule has 0 aliphatic heterocycles. The van der Waals surface area contributed by atoms with Gasteiger partial charge in [0.15, 0.2) is 0 Å². The number of hydrogen-bond donors (Lipinski definition) is 2. The van der Waals surface area contributed by atoms with E-state index in [1.54, 1.807) is 30.5 Å². The van der Waals surface area contributed by atoms with Gasteiger partial charge in [-0.2, -0.15) is 0 Å². The Morgan fingerprint density at radius 1 is 1.04 bits per heavy atom. The average molecular weight is 353 g/mol. The summed E-state index contributed by atoms with van der Waals surface area (Å²) in [6.45, 7) is 2.18. The molecule has 3 N–H and O–H groups in total. The third-order valence-electron chi connectivity index (χ3n) is 3.97. The second kappa shape index (κ2) is 7.04. The Morgan fingerprint density at radius 2 is 1.84 bits per heavy atom. The first-order chi connectivity index (χ1) is 12.0. The number of sulfonamides is 1. The third kappa shape index (κ3) is 3.70. The molecule has 25 heavy (non-hydrogen) atoms. The third-order valence-corrected chi connectivity index (χ3v) is 4.94. The summed E-state index contributed by atoms with van der Waals surface area (Å²) in [5.74, 6) is 0. The number of benzene rings is 2. The standard InChI is InChI=1S/C10H11N.C9H8N2O2S/c1-2-8-4-3-5-9-6-7-11-10(8)9;10-14(12,13)9-5-1-4-8-7(9)3-2-6-11-8/h3-7,11H,2H2,1H3;1-6H,(H2,10,12,13). The Kier molecular flexibility index (Phi) is 4.83. The van der Waals surface area contributed by atoms with Crippen LogP contribution in [-0.4, -0.2) is 18.4 Å². The van der Waals surface area contributed by atoms with Crippen molar-refractivity contribution >= 4 is 31.8 Å². The molecule has 0 spiro atoms. The van der Waals surface area contributed by atoms with Crippen molar-refractivity contribution in [3.8, 4) is 0 Å². The monoisotopic (exact) mass is 353 g/mol. The molecule has 5 nitrogen and oxygen atoms in total. The number of rotatable bonds is 2. The van der Waals surface area contributed by atoms with Crippen LogP contribution < -0.4 is 5.14 Å². The van der Waals surface area contributed by atoms with Crippen molar-refractivity contribution in [2.45, 2.75) is 18.2 Å². The molecule has 0 amide bonds. The predicted octanol–water partition coefficient (Wildman–Crippen LogP) is 3.61. The molecule has 6 heteroatoms. The molecule has 0 aliphatic rings. The molecule has 128 valence electrons. The minimum absolute atomic E-state index is 0.114. The van der Waals surface area contributed by atoms with E-state index in [9.17, 15) is 8.42 Å². The first-order valence-electron chi connectivity index (χ1n) is 7.92. The fourth-order valence-corrected chi connectivity index (χ4v) is 3.51. The summed E-state index contributed by atoms with van der Waals surface area (Å²) < 4.78 is 22.4. The molecule has 0 unspecified atom stereocenters. The lowest BCUT2D eigenvalue weighted by atomic mass is 10.1. The molecule has 2 aromatic heterocycles. The van der Waals surface area contributed by atoms with E-state index in [2.05, 4.69) is 41.2 Å². The number of primary sulfonamides is 1. The zero-order valence-electron chi connectivity index (χ0n) is 13.8. The van der Waals surface area contributed by atoms with Gasteiger partial charge in [0.05, 0.1) is 10.4 Å². The highest BCUT2D eigenvalue weighted by Gasteiger charge is 2.11. The highest BCUT2D eigenvalue weighted by molar-refractivity contribution is 7.89. The van der Waals surface area contributed by atoms with Crippen LogP contribution in [0.3, 0.4) is 0 Å². The molecule has 0 atom stereocenters. The maximum Gasteiger partial charge on any atom is 0.238 e. The van der Waals surface area contributed by atoms with Gasteiger partial charge in [0, 0.05) is 23.3 Å². The van der Waals surface area contributed by atoms with E-state index in [1.807, 2.05) is 6.20 Å². The number of aromatic amines is 1. The van der Waals surface area contributed by atoms with Crippen molar-refractivity contribution in [3.05, 3.63) is 72.6 Å². The summed E-state index contributed by atoms with van der Waals surface area (Å²) in [6, 6.07) is 16.7. The summed E-state index contributed by atoms with van der Waals surface area (Å²) in [6.07, 6.45) is 4.69. The molecular weight excluding hydrogens is 334 g/mol. The maximum atomic E-state index is 11.2. The lowest BCUT2D eigenvalue weighted by Crippen LogP contribution is -2.12. The Bertz CT molecular complexity index is 1110. The number of para-hydroxylation sites is 1. The molecule has 0 saturated carbocycles. The summed E-state index contributed by atoms with van der Waals surface area (Å²) in [5.41, 5.74) is 3.31. The first-order valence-corrected chi connectivity index (χ1v) is 9.47. The van der Waals surface area contributed by atoms with Crippen molar-refractivity contribution in [2.24, 2.45) is 5.14 Å². The van der Waals surface area contributed by atoms with Crippen molar-refractivity contribution in [3.63, 3.8) is 0 Å². The smallest absolute Gasteiger partial charge is 0.238 e. The van der Waals surface area contributed by atoms with Crippen LogP contribution in [0.15, 0.2) is 71.9 Å². The highest BCUT2D eigenvalue weighted by Crippen LogP contribution is 2.19. The minimum atomic E-state index is -3.67. The lowest BCUT2D eigenvalue weighted by Gasteiger charge is -2.02. The van der Waals surface area contributed by atoms with Crippen LogP contribution in [0, 0.1) is 0 Å². The van der Waals surface area contributed by atoms with E-state index in [4.69, 9.17) is 5.14 Å². The number of fused-ring (bicyclic) bond motifs is 2. The number of hydrogen-bond acceptors (Lipinski definition) is 3. The molecule has 4 rings (SSSR count). The number of H-pyrrole nitrogens is 1. The normalized spacial score (nSPS) is 11.3. The van der Waals surface area contributed by atoms with E-state index in [-0.39, 0.29) is 4.90 Å². The molecule has 2 heterocycles. The summed E-state index contributed by atoms with van der Waals surface area (Å²) in [5, 5.41) is 6.93. The Balaban J connectivity index is 0.000000150. The van der Waals surface area contributed by atoms with Crippen LogP contribution in [0.1, 0.15) is 12.5 Å². The summed E-state index contributed by atoms with van der Waals surface area (Å²) in [4.78, 5) is 7.39. The van der Waals surface area contributed by atoms with Crippen molar-refractivity contribution in [1.82, 2.24) is 9.97 Å². The molecule has 4 aromatic rings. The molecule has 0 bridgehead atoms. The molecule has 0 aliphatic carbocycles. The molecular formula is C19H19N3O2S. The van der Waals surface area contributed by atoms with E-state index < -0.39 is 10.0 Å². The van der Waals surface area contributed by atoms with E-state index in [0.717, 1.165) is 6.42 Å². The van der Waals surface area contributed by atoms with Gasteiger partial charge in [0.25, 0.3) is 0 Å². The van der Waals surface area contributed by atoms with Crippen LogP contribution in [0.2, 0.25) is 0 Å². The van der Waals surface area contributed by atoms with Crippen LogP contribution in [0.25, 0.3) is 21.8 Å². The number of nitrogens with zero attached hydrogens (tertiary/aromatic N) is 1. The summed E-state index contributed by atoms with van der Waals surface area (Å²) >= 11 is 0. The van der Waals surface area contributed by atoms with Crippen LogP contribution in [0.5, 0.6) is 0 Å². The fraction of sp³-hybridized carbons (Fsp3) is 0.105. The van der Waals surface area contributed by atoms with Crippen LogP contribution in [-0.2, 0) is 16.4 Å². The van der Waals surface area contributed by atoms with E-state index >= 15 is 0 Å². The molecule has 0 saturated heterocycles. The highest BCUT2D eigenvalue weighted by atomic mass is 32.2. The number of nitrogens with one attached hydrogen (secondary N) is 1. The van der Waals surface area contributed by atoms with Gasteiger partial charge in [-0.3, -0.25) is 4.98 Å². The second-order valence-corrected chi connectivity index (χ2v) is 7.11. The number of aromatic nitrogens is 2. The van der Waals surface area contributed by atoms with Gasteiger partial charge in [0.1, 0.15) is 0 Å². The fourth-order valence-electron chi connectivity index (χ4n) is 2.77. The number of nitrogens with two attached hydrogens (primary N) is 1. The summed E-state index contributed by atoms with van der Waals surface area (Å²) in [7, 11) is -3.67. The quantitative estimate of drug-likeness (QED) is 0.577. The minimum Gasteiger partial charge on any atom is -0.361 e. The second-order valence-electron chi connectivity index (χ2n) is 5.58. The van der Waals surface area contributed by atoms with Gasteiger partial charge in [0.2, 0.25) is 10.0 Å². The SMILES string of the molecule is CCc1cccc2cc[nH]c12.NS(=O)(=O)c1cccc2ncccc12. The zero-order valence-corrected chi connectivity index (χ0v) is 14.6. The van der Waals surface area contributed by atoms with Gasteiger partial charge < -0.3 is 4.98 Å². The molecule has 2 aromatic carbocycles. The van der Waals surface area contributed by atoms with E-state index in [0.29, 0.717) is 10.9 Å². The Labute approximate surface area is 146 Å². The van der Waals surface area contributed by atoms with Gasteiger partial charge in [-0.05, 0) is 47.7 Å². The topological polar surface area (TPSA) is 88.8 Å². The van der Waals surface area contributed by atoms with Gasteiger partial charge in [-0.15, -0.1) is 0 Å². The van der Waals surface area contributed by atoms with Gasteiger partial charge in [-0.25, -0.2) is 13.6 Å². The number of aryl methyl sites for hydroxylation is 1. The van der Waals surface area contributed by atoms with Crippen LogP contribution >= 0.6 is 0 Å². The maximum absolute atomic E-state index is 11.2. The van der Waals surface area contributed by atoms with Crippen molar-refractivity contribution in [1.29, 1.82) is 0 Å². The van der Waals surface area contributed by atoms with Crippen molar-refractivity contribution < 1.29 is 8.42 Å². The first kappa shape index (κ1) is 17.1. The van der Waals surface area contributed by atoms with Gasteiger partial charge >= 0.3 is 0 Å². The number of pyridine rings is 1. The van der Waals surface area contributed by atoms with E-state index in [1.165, 1.54) is 22.5 Å². The average Bonchev–Trinajstić information content (AvgIpc) is 3.09. The van der Waals surface area contributed by atoms with Crippen molar-refractivity contribution in [2.75, 3.05) is 0 Å². The Hall–Kier alpha value is -2.70. The predicted molar refractivity (Wildman–Crippen MR) is 101 cm³/mol. The zero-order chi connectivity index (χ0) is 17.9. The Morgan fingerprint density at radius 3 is 2.60 bits per heavy atom. The lowest BCUT2D eigenvalue weighted by molar-refractivity contribution is 0.598. The molecule has 0 fully saturated rings.